The van der Waals surface area contributed by atoms with E-state index in [9.17, 15) is 14.7 Å². The number of aryl methyl sites for hydroxylation is 1. The minimum atomic E-state index is -0.864. The molecule has 9 heteroatoms. The van der Waals surface area contributed by atoms with Gasteiger partial charge in [-0.15, -0.1) is 0 Å². The zero-order valence-electron chi connectivity index (χ0n) is 14.5. The molecule has 0 radical (unpaired) electrons. The Bertz CT molecular complexity index is 778. The smallest absolute Gasteiger partial charge is 0.308 e. The first-order valence-electron chi connectivity index (χ1n) is 8.62. The van der Waals surface area contributed by atoms with Gasteiger partial charge in [0.2, 0.25) is 23.4 Å². The van der Waals surface area contributed by atoms with Crippen LogP contribution in [0.2, 0.25) is 0 Å². The van der Waals surface area contributed by atoms with Crippen molar-refractivity contribution in [3.63, 3.8) is 0 Å². The maximum atomic E-state index is 12.3. The Balaban J connectivity index is 1.57. The van der Waals surface area contributed by atoms with Crippen molar-refractivity contribution in [2.45, 2.75) is 51.0 Å². The highest BCUT2D eigenvalue weighted by Gasteiger charge is 2.42. The highest BCUT2D eigenvalue weighted by molar-refractivity contribution is 5.79. The van der Waals surface area contributed by atoms with Gasteiger partial charge in [0.05, 0.1) is 11.5 Å². The second kappa shape index (κ2) is 7.59. The van der Waals surface area contributed by atoms with E-state index < -0.39 is 17.4 Å². The van der Waals surface area contributed by atoms with Gasteiger partial charge in [-0.3, -0.25) is 9.59 Å². The molecule has 9 nitrogen and oxygen atoms in total. The number of nitrogens with zero attached hydrogens (tertiary/aromatic N) is 4. The van der Waals surface area contributed by atoms with Crippen LogP contribution in [0, 0.1) is 5.92 Å². The van der Waals surface area contributed by atoms with E-state index in [1.54, 1.807) is 25.4 Å². The Hall–Kier alpha value is -2.84. The Kier molecular flexibility index (Phi) is 5.24. The predicted octanol–water partition coefficient (Wildman–Crippen LogP) is 1.61. The van der Waals surface area contributed by atoms with Crippen molar-refractivity contribution in [3.05, 3.63) is 24.4 Å². The van der Waals surface area contributed by atoms with Gasteiger partial charge < -0.3 is 14.9 Å². The summed E-state index contributed by atoms with van der Waals surface area (Å²) in [4.78, 5) is 36.0. The molecule has 138 valence electrons. The summed E-state index contributed by atoms with van der Waals surface area (Å²) in [6.45, 7) is 1.81. The van der Waals surface area contributed by atoms with Crippen LogP contribution in [0.4, 0.5) is 0 Å². The molecule has 2 aromatic rings. The molecule has 1 fully saturated rings. The first kappa shape index (κ1) is 18.0. The fourth-order valence-electron chi connectivity index (χ4n) is 3.34. The van der Waals surface area contributed by atoms with Crippen LogP contribution in [0.1, 0.15) is 44.9 Å². The Morgan fingerprint density at radius 3 is 2.81 bits per heavy atom. The number of carbonyl (C=O) groups excluding carboxylic acids is 1. The van der Waals surface area contributed by atoms with Crippen LogP contribution in [-0.2, 0) is 16.0 Å². The number of hydrogen-bond acceptors (Lipinski definition) is 7. The van der Waals surface area contributed by atoms with Crippen LogP contribution in [0.3, 0.4) is 0 Å². The minimum absolute atomic E-state index is 0.138. The van der Waals surface area contributed by atoms with Crippen molar-refractivity contribution >= 4 is 11.9 Å². The van der Waals surface area contributed by atoms with Crippen molar-refractivity contribution in [3.8, 4) is 11.6 Å². The largest absolute Gasteiger partial charge is 0.481 e. The molecular formula is C17H21N5O4. The zero-order valence-corrected chi connectivity index (χ0v) is 14.5. The van der Waals surface area contributed by atoms with Crippen LogP contribution < -0.4 is 5.32 Å². The van der Waals surface area contributed by atoms with E-state index in [4.69, 9.17) is 4.52 Å². The summed E-state index contributed by atoms with van der Waals surface area (Å²) in [5.74, 6) is -0.720. The quantitative estimate of drug-likeness (QED) is 0.795. The molecule has 2 aromatic heterocycles. The minimum Gasteiger partial charge on any atom is -0.481 e. The van der Waals surface area contributed by atoms with E-state index in [0.717, 1.165) is 12.8 Å². The predicted molar refractivity (Wildman–Crippen MR) is 89.8 cm³/mol. The molecule has 26 heavy (non-hydrogen) atoms. The van der Waals surface area contributed by atoms with Gasteiger partial charge in [0, 0.05) is 25.2 Å². The van der Waals surface area contributed by atoms with Gasteiger partial charge in [-0.2, -0.15) is 4.98 Å². The number of rotatable bonds is 6. The Labute approximate surface area is 150 Å². The van der Waals surface area contributed by atoms with Crippen LogP contribution in [0.15, 0.2) is 23.0 Å². The highest BCUT2D eigenvalue weighted by atomic mass is 16.5. The average molecular weight is 359 g/mol. The first-order valence-corrected chi connectivity index (χ1v) is 8.62. The second-order valence-electron chi connectivity index (χ2n) is 6.69. The van der Waals surface area contributed by atoms with E-state index in [1.807, 2.05) is 0 Å². The molecule has 0 spiro atoms. The van der Waals surface area contributed by atoms with Crippen molar-refractivity contribution < 1.29 is 19.2 Å². The summed E-state index contributed by atoms with van der Waals surface area (Å²) < 4.78 is 5.13. The zero-order chi connectivity index (χ0) is 18.6. The molecule has 0 aliphatic heterocycles. The molecular weight excluding hydrogens is 338 g/mol. The molecule has 3 rings (SSSR count). The SMILES string of the molecule is CC1(NC(=O)CCc2nc(-c3ncccn3)no2)CCCCC1C(=O)O. The van der Waals surface area contributed by atoms with Crippen LogP contribution in [0.5, 0.6) is 0 Å². The number of carbonyl (C=O) groups is 2. The van der Waals surface area contributed by atoms with E-state index in [-0.39, 0.29) is 24.6 Å². The topological polar surface area (TPSA) is 131 Å². The molecule has 2 heterocycles. The van der Waals surface area contributed by atoms with Gasteiger partial charge in [-0.05, 0) is 25.8 Å². The van der Waals surface area contributed by atoms with E-state index in [1.165, 1.54) is 0 Å². The number of nitrogens with one attached hydrogen (secondary N) is 1. The lowest BCUT2D eigenvalue weighted by atomic mass is 9.74. The second-order valence-corrected chi connectivity index (χ2v) is 6.69. The molecule has 1 aliphatic carbocycles. The number of amides is 1. The summed E-state index contributed by atoms with van der Waals surface area (Å²) in [6, 6.07) is 1.69. The maximum absolute atomic E-state index is 12.3. The van der Waals surface area contributed by atoms with Crippen LogP contribution >= 0.6 is 0 Å². The van der Waals surface area contributed by atoms with Gasteiger partial charge in [0.1, 0.15) is 0 Å². The number of aliphatic carboxylic acids is 1. The number of carboxylic acids is 1. The van der Waals surface area contributed by atoms with Crippen molar-refractivity contribution in [1.82, 2.24) is 25.4 Å². The van der Waals surface area contributed by atoms with Gasteiger partial charge >= 0.3 is 5.97 Å². The first-order chi connectivity index (χ1) is 12.5. The summed E-state index contributed by atoms with van der Waals surface area (Å²) in [7, 11) is 0. The van der Waals surface area contributed by atoms with Crippen molar-refractivity contribution in [2.24, 2.45) is 5.92 Å². The maximum Gasteiger partial charge on any atom is 0.308 e. The lowest BCUT2D eigenvalue weighted by molar-refractivity contribution is -0.146. The fourth-order valence-corrected chi connectivity index (χ4v) is 3.34. The summed E-state index contributed by atoms with van der Waals surface area (Å²) in [5.41, 5.74) is -0.723. The molecule has 2 atom stereocenters. The van der Waals surface area contributed by atoms with E-state index in [2.05, 4.69) is 25.4 Å². The molecule has 1 saturated carbocycles. The van der Waals surface area contributed by atoms with E-state index >= 15 is 0 Å². The summed E-state index contributed by atoms with van der Waals surface area (Å²) in [5, 5.41) is 16.1. The number of carboxylic acid groups (broad SMARTS) is 1. The van der Waals surface area contributed by atoms with E-state index in [0.29, 0.717) is 24.6 Å². The van der Waals surface area contributed by atoms with Gasteiger partial charge in [0.25, 0.3) is 0 Å². The van der Waals surface area contributed by atoms with Crippen LogP contribution in [0.25, 0.3) is 11.6 Å². The molecule has 0 bridgehead atoms. The molecule has 0 saturated heterocycles. The summed E-state index contributed by atoms with van der Waals surface area (Å²) in [6.07, 6.45) is 6.57. The third kappa shape index (κ3) is 4.04. The average Bonchev–Trinajstić information content (AvgIpc) is 3.09. The summed E-state index contributed by atoms with van der Waals surface area (Å²) >= 11 is 0. The third-order valence-corrected chi connectivity index (χ3v) is 4.73. The molecule has 2 N–H and O–H groups in total. The number of hydrogen-bond donors (Lipinski definition) is 2. The van der Waals surface area contributed by atoms with Crippen molar-refractivity contribution in [1.29, 1.82) is 0 Å². The van der Waals surface area contributed by atoms with Gasteiger partial charge in [-0.25, -0.2) is 9.97 Å². The molecule has 0 aromatic carbocycles. The monoisotopic (exact) mass is 359 g/mol. The lowest BCUT2D eigenvalue weighted by Gasteiger charge is -2.39. The van der Waals surface area contributed by atoms with Crippen LogP contribution in [-0.4, -0.2) is 42.6 Å². The lowest BCUT2D eigenvalue weighted by Crippen LogP contribution is -2.55. The Morgan fingerprint density at radius 1 is 1.31 bits per heavy atom. The third-order valence-electron chi connectivity index (χ3n) is 4.73. The van der Waals surface area contributed by atoms with Crippen molar-refractivity contribution in [2.75, 3.05) is 0 Å². The van der Waals surface area contributed by atoms with Gasteiger partial charge in [-0.1, -0.05) is 18.0 Å². The Morgan fingerprint density at radius 2 is 2.08 bits per heavy atom. The standard InChI is InChI=1S/C17H21N5O4/c1-17(8-3-2-5-11(17)16(24)25)21-12(23)6-7-13-20-15(22-26-13)14-18-9-4-10-19-14/h4,9-11H,2-3,5-8H2,1H3,(H,21,23)(H,24,25). The molecule has 2 unspecified atom stereocenters. The molecule has 1 aliphatic rings. The number of aromatic nitrogens is 4. The fraction of sp³-hybridized carbons (Fsp3) is 0.529. The normalized spacial score (nSPS) is 22.7. The molecule has 1 amide bonds. The highest BCUT2D eigenvalue weighted by Crippen LogP contribution is 2.34. The van der Waals surface area contributed by atoms with Gasteiger partial charge in [0.15, 0.2) is 0 Å².